The minimum Gasteiger partial charge on any atom is -0.508 e. The summed E-state index contributed by atoms with van der Waals surface area (Å²) in [6.07, 6.45) is 19.9. The summed E-state index contributed by atoms with van der Waals surface area (Å²) in [5.41, 5.74) is 4.19. The van der Waals surface area contributed by atoms with Gasteiger partial charge in [0.2, 0.25) is 17.7 Å². The number of piperazine rings is 1. The Kier molecular flexibility index (Phi) is 18.9. The van der Waals surface area contributed by atoms with E-state index in [-0.39, 0.29) is 82.8 Å². The van der Waals surface area contributed by atoms with Gasteiger partial charge in [-0.2, -0.15) is 9.97 Å². The molecular formula is C64H78F2N10O6S. The van der Waals surface area contributed by atoms with E-state index < -0.39 is 35.2 Å². The molecule has 5 atom stereocenters. The number of amides is 3. The number of aryl methyl sites for hydroxylation is 1. The number of aromatic nitrogens is 4. The molecule has 2 bridgehead atoms. The molecule has 83 heavy (non-hydrogen) atoms. The Balaban J connectivity index is 0.635. The van der Waals surface area contributed by atoms with Crippen LogP contribution in [0.4, 0.5) is 14.6 Å². The second-order valence-corrected chi connectivity index (χ2v) is 25.1. The number of aromatic hydroxyl groups is 1. The van der Waals surface area contributed by atoms with Gasteiger partial charge in [-0.15, -0.1) is 17.8 Å². The second kappa shape index (κ2) is 26.4. The van der Waals surface area contributed by atoms with Gasteiger partial charge < -0.3 is 45.6 Å². The van der Waals surface area contributed by atoms with E-state index in [1.165, 1.54) is 29.2 Å². The minimum absolute atomic E-state index is 0.0288. The molecule has 16 nitrogen and oxygen atoms in total. The first-order chi connectivity index (χ1) is 40.0. The van der Waals surface area contributed by atoms with Gasteiger partial charge in [0, 0.05) is 81.3 Å². The molecule has 4 aliphatic rings. The number of nitrogens with one attached hydrogen (secondary N) is 3. The molecule has 2 unspecified atom stereocenters. The standard InChI is InChI=1S/C64H78F2N10O6S/c1-6-48-51(65)24-21-42-30-45(77)31-49(54(42)48)56-55(66)57-50(34-67-56)60(75-35-43-22-23-44(36-75)70-43)73-63(72-57)82-47-25-28-74(29-26-47)27-15-13-11-9-7-8-10-12-14-16-53(79)71-59(64(3,4)5)62(81)76-37-46(78)32-52(76)61(80)68-33-40-17-19-41(20-18-40)58-39(2)69-38-83-58/h1,17-21,24,30-31,34,38,43-44,46-47,52,59,70,77-78H,7-16,22-23,25-29,32-33,35-37H2,2-5H3,(H,68,80)(H,71,79)/t43?,44?,46-,52+,59-/m0/s1. The zero-order chi connectivity index (χ0) is 58.4. The molecule has 0 aliphatic carbocycles. The number of piperidine rings is 1. The van der Waals surface area contributed by atoms with Crippen molar-refractivity contribution in [3.63, 3.8) is 0 Å². The van der Waals surface area contributed by atoms with Gasteiger partial charge in [0.25, 0.3) is 0 Å². The van der Waals surface area contributed by atoms with Crippen molar-refractivity contribution < 1.29 is 38.1 Å². The van der Waals surface area contributed by atoms with Crippen molar-refractivity contribution in [1.82, 2.24) is 45.7 Å². The summed E-state index contributed by atoms with van der Waals surface area (Å²) in [4.78, 5) is 66.6. The molecule has 4 fully saturated rings. The first-order valence-corrected chi connectivity index (χ1v) is 30.6. The van der Waals surface area contributed by atoms with Crippen molar-refractivity contribution in [3.05, 3.63) is 88.7 Å². The van der Waals surface area contributed by atoms with E-state index in [2.05, 4.69) is 41.6 Å². The van der Waals surface area contributed by atoms with Crippen LogP contribution in [-0.4, -0.2) is 133 Å². The maximum atomic E-state index is 17.1. The number of fused-ring (bicyclic) bond motifs is 4. The molecule has 3 aromatic heterocycles. The van der Waals surface area contributed by atoms with Crippen LogP contribution in [0.3, 0.4) is 0 Å². The third-order valence-corrected chi connectivity index (χ3v) is 18.0. The fourth-order valence-corrected chi connectivity index (χ4v) is 13.3. The molecule has 10 rings (SSSR count). The molecule has 19 heteroatoms. The van der Waals surface area contributed by atoms with Gasteiger partial charge in [-0.25, -0.2) is 13.8 Å². The Hall–Kier alpha value is -6.85. The number of unbranched alkanes of at least 4 members (excludes halogenated alkanes) is 8. The number of hydrogen-bond donors (Lipinski definition) is 5. The van der Waals surface area contributed by atoms with E-state index in [9.17, 15) is 24.6 Å². The number of pyridine rings is 1. The van der Waals surface area contributed by atoms with Crippen molar-refractivity contribution in [2.75, 3.05) is 44.2 Å². The SMILES string of the molecule is C#Cc1c(F)ccc2cc(O)cc(-c3ncc4c(N5CC6CCC(C5)N6)nc(OC5CCN(CCCCCCCCCCCC(=O)N[C@@H](C(=O)N6C[C@@H](O)C[C@@H]6C(=O)NCc6ccc(-c7scnc7C)cc6)C(C)(C)C)CC5)nc4c3F)c12. The number of thiazole rings is 1. The monoisotopic (exact) mass is 1150 g/mol. The Labute approximate surface area is 489 Å². The Morgan fingerprint density at radius 3 is 2.28 bits per heavy atom. The quantitative estimate of drug-likeness (QED) is 0.0318. The number of likely N-dealkylation sites (tertiary alicyclic amines) is 2. The number of anilines is 1. The van der Waals surface area contributed by atoms with Gasteiger partial charge in [0.1, 0.15) is 46.8 Å². The highest BCUT2D eigenvalue weighted by Crippen LogP contribution is 2.40. The van der Waals surface area contributed by atoms with Crippen molar-refractivity contribution in [2.24, 2.45) is 5.41 Å². The van der Waals surface area contributed by atoms with Crippen LogP contribution in [0.5, 0.6) is 11.8 Å². The number of aliphatic hydroxyl groups excluding tert-OH is 1. The number of ether oxygens (including phenoxy) is 1. The number of aliphatic hydroxyl groups is 1. The van der Waals surface area contributed by atoms with Crippen LogP contribution in [0.25, 0.3) is 43.4 Å². The second-order valence-electron chi connectivity index (χ2n) is 24.2. The number of carbonyl (C=O) groups is 3. The number of phenols is 1. The number of terminal acetylenes is 1. The topological polar surface area (TPSA) is 198 Å². The number of β-amino-alcohol motifs (C(OH)–C–C–N with tert-alkyl or cyclic N) is 1. The number of carbonyl (C=O) groups excluding carboxylic acids is 3. The summed E-state index contributed by atoms with van der Waals surface area (Å²) < 4.78 is 38.6. The predicted octanol–water partition coefficient (Wildman–Crippen LogP) is 9.74. The van der Waals surface area contributed by atoms with E-state index in [1.54, 1.807) is 17.5 Å². The third kappa shape index (κ3) is 14.1. The van der Waals surface area contributed by atoms with Gasteiger partial charge >= 0.3 is 6.01 Å². The maximum absolute atomic E-state index is 17.1. The predicted molar refractivity (Wildman–Crippen MR) is 320 cm³/mol. The summed E-state index contributed by atoms with van der Waals surface area (Å²) in [5, 5.41) is 32.1. The summed E-state index contributed by atoms with van der Waals surface area (Å²) in [6.45, 7) is 12.1. The highest BCUT2D eigenvalue weighted by atomic mass is 32.1. The van der Waals surface area contributed by atoms with E-state index >= 15 is 8.78 Å². The fourth-order valence-electron chi connectivity index (χ4n) is 12.5. The van der Waals surface area contributed by atoms with Crippen LogP contribution in [-0.2, 0) is 20.9 Å². The molecule has 4 aliphatic heterocycles. The Morgan fingerprint density at radius 1 is 0.904 bits per heavy atom. The highest BCUT2D eigenvalue weighted by molar-refractivity contribution is 7.13. The largest absolute Gasteiger partial charge is 0.508 e. The van der Waals surface area contributed by atoms with Crippen molar-refractivity contribution in [3.8, 4) is 45.8 Å². The van der Waals surface area contributed by atoms with Gasteiger partial charge in [-0.05, 0) is 92.1 Å². The van der Waals surface area contributed by atoms with Crippen molar-refractivity contribution in [2.45, 2.75) is 167 Å². The highest BCUT2D eigenvalue weighted by Gasteiger charge is 2.44. The van der Waals surface area contributed by atoms with Crippen LogP contribution in [0.1, 0.15) is 134 Å². The zero-order valence-corrected chi connectivity index (χ0v) is 49.0. The number of phenolic OH excluding ortho intramolecular Hbond substituents is 1. The lowest BCUT2D eigenvalue weighted by Crippen LogP contribution is -2.57. The summed E-state index contributed by atoms with van der Waals surface area (Å²) in [6, 6.07) is 12.5. The minimum atomic E-state index is -0.855. The first-order valence-electron chi connectivity index (χ1n) is 29.7. The molecule has 0 radical (unpaired) electrons. The fraction of sp³-hybridized carbons (Fsp3) is 0.516. The average Bonchev–Trinajstić information content (AvgIpc) is 2.09. The van der Waals surface area contributed by atoms with Gasteiger partial charge in [-0.1, -0.05) is 102 Å². The van der Waals surface area contributed by atoms with Crippen LogP contribution in [0, 0.1) is 36.3 Å². The molecule has 7 heterocycles. The van der Waals surface area contributed by atoms with Crippen LogP contribution in [0.15, 0.2) is 60.2 Å². The molecule has 0 saturated carbocycles. The number of rotatable bonds is 22. The normalized spacial score (nSPS) is 19.8. The molecule has 3 aromatic carbocycles. The molecule has 6 aromatic rings. The number of nitrogens with zero attached hydrogens (tertiary/aromatic N) is 7. The lowest BCUT2D eigenvalue weighted by atomic mass is 9.85. The van der Waals surface area contributed by atoms with Gasteiger partial charge in [0.15, 0.2) is 5.82 Å². The zero-order valence-electron chi connectivity index (χ0n) is 48.2. The average molecular weight is 1150 g/mol. The third-order valence-electron chi connectivity index (χ3n) is 17.0. The number of halogens is 2. The first kappa shape index (κ1) is 59.3. The van der Waals surface area contributed by atoms with E-state index in [1.807, 2.05) is 57.5 Å². The van der Waals surface area contributed by atoms with Gasteiger partial charge in [0.05, 0.1) is 33.1 Å². The van der Waals surface area contributed by atoms with E-state index in [4.69, 9.17) is 21.1 Å². The van der Waals surface area contributed by atoms with Crippen LogP contribution >= 0.6 is 11.3 Å². The Morgan fingerprint density at radius 2 is 1.60 bits per heavy atom. The smallest absolute Gasteiger partial charge is 0.319 e. The van der Waals surface area contributed by atoms with Crippen LogP contribution in [0.2, 0.25) is 0 Å². The number of benzene rings is 3. The van der Waals surface area contributed by atoms with E-state index in [0.29, 0.717) is 48.2 Å². The lowest BCUT2D eigenvalue weighted by molar-refractivity contribution is -0.144. The van der Waals surface area contributed by atoms with Gasteiger partial charge in [-0.3, -0.25) is 19.4 Å². The molecular weight excluding hydrogens is 1070 g/mol. The lowest BCUT2D eigenvalue weighted by Gasteiger charge is -2.35. The summed E-state index contributed by atoms with van der Waals surface area (Å²) in [7, 11) is 0. The van der Waals surface area contributed by atoms with E-state index in [0.717, 1.165) is 125 Å². The number of hydrogen-bond acceptors (Lipinski definition) is 14. The summed E-state index contributed by atoms with van der Waals surface area (Å²) in [5.74, 6) is 0.583. The van der Waals surface area contributed by atoms with Crippen molar-refractivity contribution >= 4 is 56.6 Å². The molecule has 5 N–H and O–H groups in total. The van der Waals surface area contributed by atoms with Crippen molar-refractivity contribution in [1.29, 1.82) is 0 Å². The molecule has 4 saturated heterocycles. The molecule has 440 valence electrons. The molecule has 3 amide bonds. The summed E-state index contributed by atoms with van der Waals surface area (Å²) >= 11 is 1.58. The maximum Gasteiger partial charge on any atom is 0.319 e. The van der Waals surface area contributed by atoms with Crippen LogP contribution < -0.4 is 25.6 Å². The molecule has 0 spiro atoms. The Bertz CT molecular complexity index is 3330.